The summed E-state index contributed by atoms with van der Waals surface area (Å²) in [6.07, 6.45) is 2.36. The number of aryl methyl sites for hydroxylation is 1. The van der Waals surface area contributed by atoms with Gasteiger partial charge in [0.25, 0.3) is 0 Å². The van der Waals surface area contributed by atoms with Crippen LogP contribution < -0.4 is 0 Å². The van der Waals surface area contributed by atoms with Crippen molar-refractivity contribution in [2.45, 2.75) is 26.3 Å². The molecule has 0 N–H and O–H groups in total. The molecule has 0 saturated heterocycles. The van der Waals surface area contributed by atoms with Crippen LogP contribution in [0.3, 0.4) is 0 Å². The normalized spacial score (nSPS) is 10.8. The fraction of sp³-hybridized carbons (Fsp3) is 0.286. The lowest BCUT2D eigenvalue weighted by atomic mass is 10.1. The zero-order valence-electron chi connectivity index (χ0n) is 10.9. The Bertz CT molecular complexity index is 640. The third-order valence-electron chi connectivity index (χ3n) is 2.86. The zero-order valence-corrected chi connectivity index (χ0v) is 12.4. The highest BCUT2D eigenvalue weighted by molar-refractivity contribution is 6.34. The lowest BCUT2D eigenvalue weighted by Crippen LogP contribution is -2.13. The number of rotatable bonds is 5. The van der Waals surface area contributed by atoms with Crippen molar-refractivity contribution < 1.29 is 9.18 Å². The molecule has 0 bridgehead atoms. The first-order valence-electron chi connectivity index (χ1n) is 6.21. The van der Waals surface area contributed by atoms with Gasteiger partial charge in [-0.15, -0.1) is 0 Å². The van der Waals surface area contributed by atoms with Crippen LogP contribution in [0.2, 0.25) is 10.0 Å². The second-order valence-electron chi connectivity index (χ2n) is 4.40. The number of ketones is 1. The summed E-state index contributed by atoms with van der Waals surface area (Å²) in [5.74, 6) is -0.616. The molecule has 0 amide bonds. The van der Waals surface area contributed by atoms with Crippen molar-refractivity contribution in [3.8, 4) is 0 Å². The van der Waals surface area contributed by atoms with Gasteiger partial charge in [0, 0.05) is 18.0 Å². The van der Waals surface area contributed by atoms with Crippen LogP contribution in [0.1, 0.15) is 29.4 Å². The van der Waals surface area contributed by atoms with Gasteiger partial charge in [0.1, 0.15) is 11.5 Å². The van der Waals surface area contributed by atoms with Crippen LogP contribution in [0.5, 0.6) is 0 Å². The minimum absolute atomic E-state index is 0.0637. The van der Waals surface area contributed by atoms with E-state index in [4.69, 9.17) is 23.2 Å². The van der Waals surface area contributed by atoms with Crippen molar-refractivity contribution in [1.29, 1.82) is 0 Å². The largest absolute Gasteiger partial charge is 0.292 e. The van der Waals surface area contributed by atoms with Gasteiger partial charge < -0.3 is 0 Å². The Balaban J connectivity index is 2.26. The lowest BCUT2D eigenvalue weighted by molar-refractivity contribution is 0.0982. The first-order valence-corrected chi connectivity index (χ1v) is 6.97. The number of hydrogen-bond acceptors (Lipinski definition) is 2. The predicted molar refractivity (Wildman–Crippen MR) is 77.0 cm³/mol. The molecular formula is C14H13Cl2FN2O. The van der Waals surface area contributed by atoms with E-state index in [1.807, 2.05) is 6.92 Å². The molecule has 1 aromatic heterocycles. The number of benzene rings is 1. The van der Waals surface area contributed by atoms with E-state index in [-0.39, 0.29) is 17.2 Å². The van der Waals surface area contributed by atoms with Gasteiger partial charge in [0.05, 0.1) is 11.2 Å². The van der Waals surface area contributed by atoms with Crippen LogP contribution in [0.15, 0.2) is 24.4 Å². The van der Waals surface area contributed by atoms with Crippen molar-refractivity contribution >= 4 is 29.0 Å². The molecule has 3 nitrogen and oxygen atoms in total. The Morgan fingerprint density at radius 3 is 2.75 bits per heavy atom. The number of Topliss-reactive ketones (excluding diaryl/α,β-unsaturated/α-hetero) is 1. The maximum absolute atomic E-state index is 13.0. The SMILES string of the molecule is CCCn1ncc(Cl)c1C(=O)Cc1ccc(F)cc1Cl. The Morgan fingerprint density at radius 2 is 2.10 bits per heavy atom. The fourth-order valence-electron chi connectivity index (χ4n) is 1.94. The fourth-order valence-corrected chi connectivity index (χ4v) is 2.42. The highest BCUT2D eigenvalue weighted by Crippen LogP contribution is 2.22. The highest BCUT2D eigenvalue weighted by Gasteiger charge is 2.18. The summed E-state index contributed by atoms with van der Waals surface area (Å²) >= 11 is 11.9. The summed E-state index contributed by atoms with van der Waals surface area (Å²) in [6.45, 7) is 2.60. The van der Waals surface area contributed by atoms with Gasteiger partial charge in [-0.3, -0.25) is 9.48 Å². The van der Waals surface area contributed by atoms with Gasteiger partial charge >= 0.3 is 0 Å². The van der Waals surface area contributed by atoms with Crippen molar-refractivity contribution in [3.63, 3.8) is 0 Å². The Labute approximate surface area is 126 Å². The molecule has 0 aliphatic rings. The Morgan fingerprint density at radius 1 is 1.35 bits per heavy atom. The van der Waals surface area contributed by atoms with Crippen LogP contribution in [0, 0.1) is 5.82 Å². The molecule has 6 heteroatoms. The van der Waals surface area contributed by atoms with Crippen molar-refractivity contribution in [1.82, 2.24) is 9.78 Å². The average molecular weight is 315 g/mol. The molecule has 0 aliphatic heterocycles. The number of halogens is 3. The van der Waals surface area contributed by atoms with Gasteiger partial charge in [-0.05, 0) is 24.1 Å². The third kappa shape index (κ3) is 3.19. The van der Waals surface area contributed by atoms with Crippen molar-refractivity contribution in [2.75, 3.05) is 0 Å². The van der Waals surface area contributed by atoms with E-state index >= 15 is 0 Å². The summed E-state index contributed by atoms with van der Waals surface area (Å²) in [5, 5.41) is 4.63. The number of carbonyl (C=O) groups is 1. The number of carbonyl (C=O) groups excluding carboxylic acids is 1. The van der Waals surface area contributed by atoms with E-state index in [1.165, 1.54) is 24.4 Å². The minimum atomic E-state index is -0.430. The summed E-state index contributed by atoms with van der Waals surface area (Å²) < 4.78 is 14.6. The summed E-state index contributed by atoms with van der Waals surface area (Å²) in [7, 11) is 0. The van der Waals surface area contributed by atoms with E-state index in [9.17, 15) is 9.18 Å². The molecule has 0 fully saturated rings. The molecule has 0 atom stereocenters. The smallest absolute Gasteiger partial charge is 0.186 e. The molecule has 0 spiro atoms. The molecule has 0 unspecified atom stereocenters. The zero-order chi connectivity index (χ0) is 14.7. The average Bonchev–Trinajstić information content (AvgIpc) is 2.74. The van der Waals surface area contributed by atoms with Gasteiger partial charge in [0.15, 0.2) is 5.78 Å². The van der Waals surface area contributed by atoms with Crippen LogP contribution in [-0.2, 0) is 13.0 Å². The quantitative estimate of drug-likeness (QED) is 0.776. The molecule has 106 valence electrons. The van der Waals surface area contributed by atoms with Gasteiger partial charge in [-0.2, -0.15) is 5.10 Å². The summed E-state index contributed by atoms with van der Waals surface area (Å²) in [6, 6.07) is 3.97. The Hall–Kier alpha value is -1.39. The number of hydrogen-bond donors (Lipinski definition) is 0. The lowest BCUT2D eigenvalue weighted by Gasteiger charge is -2.07. The highest BCUT2D eigenvalue weighted by atomic mass is 35.5. The van der Waals surface area contributed by atoms with Crippen LogP contribution in [0.4, 0.5) is 4.39 Å². The first-order chi connectivity index (χ1) is 9.52. The molecule has 1 aromatic carbocycles. The number of aromatic nitrogens is 2. The summed E-state index contributed by atoms with van der Waals surface area (Å²) in [5.41, 5.74) is 0.937. The van der Waals surface area contributed by atoms with Crippen LogP contribution in [0.25, 0.3) is 0 Å². The van der Waals surface area contributed by atoms with Gasteiger partial charge in [0.2, 0.25) is 0 Å². The molecule has 0 aliphatic carbocycles. The van der Waals surface area contributed by atoms with Gasteiger partial charge in [-0.25, -0.2) is 4.39 Å². The molecule has 0 saturated carbocycles. The van der Waals surface area contributed by atoms with E-state index < -0.39 is 5.82 Å². The van der Waals surface area contributed by atoms with Crippen molar-refractivity contribution in [2.24, 2.45) is 0 Å². The minimum Gasteiger partial charge on any atom is -0.292 e. The number of nitrogens with zero attached hydrogens (tertiary/aromatic N) is 2. The van der Waals surface area contributed by atoms with E-state index in [0.717, 1.165) is 6.42 Å². The van der Waals surface area contributed by atoms with E-state index in [0.29, 0.717) is 22.8 Å². The molecular weight excluding hydrogens is 302 g/mol. The van der Waals surface area contributed by atoms with Crippen LogP contribution in [-0.4, -0.2) is 15.6 Å². The molecule has 2 rings (SSSR count). The second kappa shape index (κ2) is 6.37. The molecule has 1 heterocycles. The monoisotopic (exact) mass is 314 g/mol. The standard InChI is InChI=1S/C14H13Cl2FN2O/c1-2-5-19-14(12(16)8-18-19)13(20)6-9-3-4-10(17)7-11(9)15/h3-4,7-8H,2,5-6H2,1H3. The summed E-state index contributed by atoms with van der Waals surface area (Å²) in [4.78, 5) is 12.3. The van der Waals surface area contributed by atoms with Gasteiger partial charge in [-0.1, -0.05) is 36.2 Å². The van der Waals surface area contributed by atoms with E-state index in [2.05, 4.69) is 5.10 Å². The second-order valence-corrected chi connectivity index (χ2v) is 5.21. The maximum Gasteiger partial charge on any atom is 0.186 e. The third-order valence-corrected chi connectivity index (χ3v) is 3.49. The molecule has 20 heavy (non-hydrogen) atoms. The van der Waals surface area contributed by atoms with E-state index in [1.54, 1.807) is 4.68 Å². The Kier molecular flexibility index (Phi) is 4.78. The first kappa shape index (κ1) is 15.0. The topological polar surface area (TPSA) is 34.9 Å². The predicted octanol–water partition coefficient (Wildman–Crippen LogP) is 4.16. The maximum atomic E-state index is 13.0. The van der Waals surface area contributed by atoms with Crippen molar-refractivity contribution in [3.05, 3.63) is 51.5 Å². The molecule has 0 radical (unpaired) electrons. The molecule has 2 aromatic rings. The van der Waals surface area contributed by atoms with Crippen LogP contribution >= 0.6 is 23.2 Å².